The Morgan fingerprint density at radius 3 is 2.70 bits per heavy atom. The van der Waals surface area contributed by atoms with Crippen LogP contribution in [0.15, 0.2) is 17.5 Å². The lowest BCUT2D eigenvalue weighted by Gasteiger charge is -2.29. The summed E-state index contributed by atoms with van der Waals surface area (Å²) in [5.41, 5.74) is 0. The number of rotatable bonds is 5. The number of hydrogen-bond acceptors (Lipinski definition) is 4. The molecule has 5 heteroatoms. The Balaban J connectivity index is 1.56. The van der Waals surface area contributed by atoms with Gasteiger partial charge in [0.05, 0.1) is 6.54 Å². The highest BCUT2D eigenvalue weighted by Crippen LogP contribution is 2.29. The number of thiophene rings is 1. The molecule has 108 valence electrons. The second-order valence-corrected chi connectivity index (χ2v) is 6.67. The van der Waals surface area contributed by atoms with Crippen LogP contribution >= 0.6 is 11.3 Å². The number of hydrogen-bond donors (Lipinski definition) is 0. The Bertz CT molecular complexity index is 472. The zero-order chi connectivity index (χ0) is 13.9. The summed E-state index contributed by atoms with van der Waals surface area (Å²) in [7, 11) is 0. The molecule has 1 saturated heterocycles. The molecule has 0 bridgehead atoms. The van der Waals surface area contributed by atoms with E-state index in [4.69, 9.17) is 0 Å². The number of ketones is 1. The number of amides is 1. The van der Waals surface area contributed by atoms with Crippen LogP contribution in [-0.4, -0.2) is 47.2 Å². The molecule has 4 nitrogen and oxygen atoms in total. The van der Waals surface area contributed by atoms with Crippen molar-refractivity contribution in [1.29, 1.82) is 0 Å². The summed E-state index contributed by atoms with van der Waals surface area (Å²) in [4.78, 5) is 29.1. The van der Waals surface area contributed by atoms with Gasteiger partial charge in [0.15, 0.2) is 0 Å². The topological polar surface area (TPSA) is 40.6 Å². The van der Waals surface area contributed by atoms with Gasteiger partial charge in [-0.05, 0) is 24.3 Å². The third kappa shape index (κ3) is 3.46. The maximum absolute atomic E-state index is 12.4. The molecule has 3 rings (SSSR count). The smallest absolute Gasteiger partial charge is 0.236 e. The van der Waals surface area contributed by atoms with E-state index < -0.39 is 0 Å². The van der Waals surface area contributed by atoms with E-state index in [-0.39, 0.29) is 11.7 Å². The van der Waals surface area contributed by atoms with Crippen molar-refractivity contribution in [3.05, 3.63) is 22.4 Å². The minimum absolute atomic E-state index is 0.181. The third-order valence-electron chi connectivity index (χ3n) is 4.01. The van der Waals surface area contributed by atoms with Gasteiger partial charge in [-0.15, -0.1) is 11.3 Å². The van der Waals surface area contributed by atoms with Crippen molar-refractivity contribution in [1.82, 2.24) is 9.80 Å². The van der Waals surface area contributed by atoms with E-state index in [9.17, 15) is 9.59 Å². The minimum atomic E-state index is 0.181. The van der Waals surface area contributed by atoms with Gasteiger partial charge in [0.25, 0.3) is 0 Å². The van der Waals surface area contributed by atoms with E-state index >= 15 is 0 Å². The molecular weight excluding hydrogens is 272 g/mol. The van der Waals surface area contributed by atoms with Crippen molar-refractivity contribution in [3.63, 3.8) is 0 Å². The molecule has 1 saturated carbocycles. The number of Topliss-reactive ketones (excluding diaryl/α,β-unsaturated/α-hetero) is 1. The Labute approximate surface area is 123 Å². The minimum Gasteiger partial charge on any atom is -0.341 e. The molecule has 1 amide bonds. The van der Waals surface area contributed by atoms with E-state index in [1.807, 2.05) is 4.90 Å². The molecule has 1 aromatic heterocycles. The van der Waals surface area contributed by atoms with Gasteiger partial charge in [-0.1, -0.05) is 6.07 Å². The molecule has 1 aliphatic carbocycles. The molecule has 0 atom stereocenters. The average Bonchev–Trinajstić information content (AvgIpc) is 3.17. The number of nitrogens with zero attached hydrogens (tertiary/aromatic N) is 2. The Morgan fingerprint density at radius 2 is 2.10 bits per heavy atom. The monoisotopic (exact) mass is 292 g/mol. The Kier molecular flexibility index (Phi) is 4.17. The quantitative estimate of drug-likeness (QED) is 0.832. The van der Waals surface area contributed by atoms with E-state index in [0.29, 0.717) is 38.5 Å². The lowest BCUT2D eigenvalue weighted by molar-refractivity contribution is -0.135. The summed E-state index contributed by atoms with van der Waals surface area (Å²) in [6, 6.07) is 4.76. The molecule has 2 heterocycles. The number of carbonyl (C=O) groups is 2. The molecule has 2 aliphatic rings. The van der Waals surface area contributed by atoms with E-state index in [1.54, 1.807) is 11.3 Å². The molecular formula is C15H20N2O2S. The van der Waals surface area contributed by atoms with Crippen LogP contribution in [0.4, 0.5) is 0 Å². The first-order valence-corrected chi connectivity index (χ1v) is 8.16. The normalized spacial score (nSPS) is 19.6. The maximum atomic E-state index is 12.4. The molecule has 2 fully saturated rings. The summed E-state index contributed by atoms with van der Waals surface area (Å²) in [6.07, 6.45) is 3.47. The number of likely N-dealkylation sites (tertiary alicyclic amines) is 1. The first-order valence-electron chi connectivity index (χ1n) is 7.28. The van der Waals surface area contributed by atoms with Gasteiger partial charge >= 0.3 is 0 Å². The van der Waals surface area contributed by atoms with Crippen molar-refractivity contribution < 1.29 is 9.59 Å². The summed E-state index contributed by atoms with van der Waals surface area (Å²) in [5, 5.41) is 2.08. The predicted octanol–water partition coefficient (Wildman–Crippen LogP) is 1.90. The van der Waals surface area contributed by atoms with Crippen LogP contribution in [0.5, 0.6) is 0 Å². The standard InChI is InChI=1S/C15H20N2O2S/c18-13-5-7-16(8-6-13)15(19)11-17(12-3-4-12)10-14-2-1-9-20-14/h1-2,9,12H,3-8,10-11H2. The van der Waals surface area contributed by atoms with Crippen LogP contribution < -0.4 is 0 Å². The fraction of sp³-hybridized carbons (Fsp3) is 0.600. The van der Waals surface area contributed by atoms with Crippen LogP contribution in [0.25, 0.3) is 0 Å². The van der Waals surface area contributed by atoms with Gasteiger partial charge in [-0.3, -0.25) is 14.5 Å². The molecule has 1 aromatic rings. The second-order valence-electron chi connectivity index (χ2n) is 5.63. The molecule has 0 unspecified atom stereocenters. The molecule has 0 N–H and O–H groups in total. The van der Waals surface area contributed by atoms with Crippen LogP contribution in [-0.2, 0) is 16.1 Å². The summed E-state index contributed by atoms with van der Waals surface area (Å²) in [6.45, 7) is 2.59. The van der Waals surface area contributed by atoms with Crippen molar-refractivity contribution in [2.75, 3.05) is 19.6 Å². The van der Waals surface area contributed by atoms with Gasteiger partial charge in [0.1, 0.15) is 5.78 Å². The van der Waals surface area contributed by atoms with Crippen LogP contribution in [0, 0.1) is 0 Å². The number of carbonyl (C=O) groups excluding carboxylic acids is 2. The zero-order valence-electron chi connectivity index (χ0n) is 11.6. The van der Waals surface area contributed by atoms with Gasteiger partial charge in [0, 0.05) is 43.4 Å². The molecule has 20 heavy (non-hydrogen) atoms. The van der Waals surface area contributed by atoms with Crippen molar-refractivity contribution in [3.8, 4) is 0 Å². The summed E-state index contributed by atoms with van der Waals surface area (Å²) < 4.78 is 0. The first kappa shape index (κ1) is 13.8. The van der Waals surface area contributed by atoms with Gasteiger partial charge in [-0.25, -0.2) is 0 Å². The fourth-order valence-corrected chi connectivity index (χ4v) is 3.37. The van der Waals surface area contributed by atoms with Crippen LogP contribution in [0.3, 0.4) is 0 Å². The third-order valence-corrected chi connectivity index (χ3v) is 4.88. The largest absolute Gasteiger partial charge is 0.341 e. The summed E-state index contributed by atoms with van der Waals surface area (Å²) in [5.74, 6) is 0.465. The first-order chi connectivity index (χ1) is 9.72. The van der Waals surface area contributed by atoms with Crippen molar-refractivity contribution in [2.45, 2.75) is 38.3 Å². The average molecular weight is 292 g/mol. The molecule has 0 aromatic carbocycles. The van der Waals surface area contributed by atoms with Crippen LogP contribution in [0.2, 0.25) is 0 Å². The lowest BCUT2D eigenvalue weighted by atomic mass is 10.1. The van der Waals surface area contributed by atoms with E-state index in [2.05, 4.69) is 22.4 Å². The molecule has 0 spiro atoms. The second kappa shape index (κ2) is 6.06. The Hall–Kier alpha value is -1.20. The maximum Gasteiger partial charge on any atom is 0.236 e. The highest BCUT2D eigenvalue weighted by atomic mass is 32.1. The van der Waals surface area contributed by atoms with Crippen molar-refractivity contribution >= 4 is 23.0 Å². The molecule has 1 aliphatic heterocycles. The Morgan fingerprint density at radius 1 is 1.35 bits per heavy atom. The highest BCUT2D eigenvalue weighted by Gasteiger charge is 2.32. The zero-order valence-corrected chi connectivity index (χ0v) is 12.4. The molecule has 0 radical (unpaired) electrons. The van der Waals surface area contributed by atoms with Gasteiger partial charge < -0.3 is 4.90 Å². The van der Waals surface area contributed by atoms with E-state index in [1.165, 1.54) is 17.7 Å². The van der Waals surface area contributed by atoms with E-state index in [0.717, 1.165) is 6.54 Å². The van der Waals surface area contributed by atoms with Crippen LogP contribution in [0.1, 0.15) is 30.6 Å². The SMILES string of the molecule is O=C1CCN(C(=O)CN(Cc2cccs2)C2CC2)CC1. The fourth-order valence-electron chi connectivity index (χ4n) is 2.64. The highest BCUT2D eigenvalue weighted by molar-refractivity contribution is 7.09. The predicted molar refractivity (Wildman–Crippen MR) is 78.6 cm³/mol. The van der Waals surface area contributed by atoms with Gasteiger partial charge in [-0.2, -0.15) is 0 Å². The van der Waals surface area contributed by atoms with Gasteiger partial charge in [0.2, 0.25) is 5.91 Å². The van der Waals surface area contributed by atoms with Crippen molar-refractivity contribution in [2.24, 2.45) is 0 Å². The lowest BCUT2D eigenvalue weighted by Crippen LogP contribution is -2.44. The summed E-state index contributed by atoms with van der Waals surface area (Å²) >= 11 is 1.75. The number of piperidine rings is 1.